The molecule has 0 spiro atoms. The first-order valence-electron chi connectivity index (χ1n) is 10.7. The molecule has 4 N–H and O–H groups in total. The molecule has 0 radical (unpaired) electrons. The number of hydrogen-bond acceptors (Lipinski definition) is 6. The summed E-state index contributed by atoms with van der Waals surface area (Å²) >= 11 is 0. The van der Waals surface area contributed by atoms with E-state index in [0.717, 1.165) is 27.8 Å². The van der Waals surface area contributed by atoms with Crippen LogP contribution >= 0.6 is 0 Å². The van der Waals surface area contributed by atoms with Gasteiger partial charge in [-0.05, 0) is 48.7 Å². The summed E-state index contributed by atoms with van der Waals surface area (Å²) in [7, 11) is 0. The topological polar surface area (TPSA) is 97.7 Å². The molecule has 0 bridgehead atoms. The molecule has 4 atom stereocenters. The third-order valence-electron chi connectivity index (χ3n) is 6.51. The lowest BCUT2D eigenvalue weighted by Crippen LogP contribution is -2.41. The molecule has 0 saturated carbocycles. The van der Waals surface area contributed by atoms with Crippen molar-refractivity contribution in [1.29, 1.82) is 0 Å². The second-order valence-electron chi connectivity index (χ2n) is 8.71. The van der Waals surface area contributed by atoms with E-state index in [9.17, 15) is 15.0 Å². The molecule has 2 aliphatic heterocycles. The standard InChI is InChI=1S/C25H26N4O3/c1-14-9-15(2)24(31)19(10-14)21-20-22(28-27-21)25(32)29(13-16-5-4-8-26-12-16)23(20)17-6-3-7-18(30)11-17/h3-12,20-23,27-28,30-31H,13H2,1-2H3. The zero-order chi connectivity index (χ0) is 22.4. The van der Waals surface area contributed by atoms with Gasteiger partial charge in [-0.25, -0.2) is 10.9 Å². The number of aromatic nitrogens is 1. The van der Waals surface area contributed by atoms with E-state index in [0.29, 0.717) is 6.54 Å². The molecule has 2 fully saturated rings. The number of hydrazine groups is 1. The fourth-order valence-electron chi connectivity index (χ4n) is 5.17. The van der Waals surface area contributed by atoms with Crippen LogP contribution in [0.4, 0.5) is 0 Å². The molecule has 164 valence electrons. The van der Waals surface area contributed by atoms with Crippen LogP contribution in [0.5, 0.6) is 11.5 Å². The molecule has 0 aliphatic carbocycles. The average Bonchev–Trinajstić information content (AvgIpc) is 3.31. The number of phenols is 2. The number of aryl methyl sites for hydroxylation is 2. The van der Waals surface area contributed by atoms with Crippen LogP contribution in [0.3, 0.4) is 0 Å². The lowest BCUT2D eigenvalue weighted by atomic mass is 9.82. The molecule has 4 unspecified atom stereocenters. The maximum Gasteiger partial charge on any atom is 0.242 e. The van der Waals surface area contributed by atoms with E-state index in [-0.39, 0.29) is 35.4 Å². The predicted molar refractivity (Wildman–Crippen MR) is 120 cm³/mol. The summed E-state index contributed by atoms with van der Waals surface area (Å²) in [4.78, 5) is 19.6. The van der Waals surface area contributed by atoms with Gasteiger partial charge in [0, 0.05) is 30.4 Å². The smallest absolute Gasteiger partial charge is 0.242 e. The summed E-state index contributed by atoms with van der Waals surface area (Å²) in [5.41, 5.74) is 10.9. The molecule has 1 amide bonds. The fourth-order valence-corrected chi connectivity index (χ4v) is 5.17. The van der Waals surface area contributed by atoms with Crippen LogP contribution < -0.4 is 10.9 Å². The highest BCUT2D eigenvalue weighted by Crippen LogP contribution is 2.49. The molecule has 2 aliphatic rings. The minimum Gasteiger partial charge on any atom is -0.508 e. The highest BCUT2D eigenvalue weighted by molar-refractivity contribution is 5.86. The van der Waals surface area contributed by atoms with Gasteiger partial charge in [0.1, 0.15) is 17.5 Å². The van der Waals surface area contributed by atoms with Crippen LogP contribution in [0.25, 0.3) is 0 Å². The van der Waals surface area contributed by atoms with Crippen molar-refractivity contribution in [3.63, 3.8) is 0 Å². The molecule has 7 nitrogen and oxygen atoms in total. The van der Waals surface area contributed by atoms with Gasteiger partial charge < -0.3 is 15.1 Å². The zero-order valence-corrected chi connectivity index (χ0v) is 18.0. The molecular formula is C25H26N4O3. The van der Waals surface area contributed by atoms with Crippen molar-refractivity contribution in [3.05, 3.63) is 88.7 Å². The summed E-state index contributed by atoms with van der Waals surface area (Å²) in [5, 5.41) is 21.0. The minimum absolute atomic E-state index is 0.0222. The molecular weight excluding hydrogens is 404 g/mol. The van der Waals surface area contributed by atoms with E-state index in [1.165, 1.54) is 0 Å². The van der Waals surface area contributed by atoms with Crippen LogP contribution in [0.15, 0.2) is 60.9 Å². The predicted octanol–water partition coefficient (Wildman–Crippen LogP) is 3.03. The van der Waals surface area contributed by atoms with Crippen LogP contribution in [0.2, 0.25) is 0 Å². The lowest BCUT2D eigenvalue weighted by Gasteiger charge is -2.32. The minimum atomic E-state index is -0.454. The van der Waals surface area contributed by atoms with Crippen LogP contribution in [0, 0.1) is 19.8 Å². The number of nitrogens with zero attached hydrogens (tertiary/aromatic N) is 2. The Morgan fingerprint density at radius 3 is 2.59 bits per heavy atom. The Morgan fingerprint density at radius 2 is 1.84 bits per heavy atom. The van der Waals surface area contributed by atoms with Crippen LogP contribution in [0.1, 0.15) is 39.9 Å². The second-order valence-corrected chi connectivity index (χ2v) is 8.71. The van der Waals surface area contributed by atoms with E-state index in [2.05, 4.69) is 15.8 Å². The number of carbonyl (C=O) groups is 1. The fraction of sp³-hybridized carbons (Fsp3) is 0.280. The molecule has 32 heavy (non-hydrogen) atoms. The van der Waals surface area contributed by atoms with Gasteiger partial charge in [0.05, 0.1) is 12.1 Å². The Balaban J connectivity index is 1.61. The highest BCUT2D eigenvalue weighted by atomic mass is 16.3. The number of aromatic hydroxyl groups is 2. The number of nitrogens with one attached hydrogen (secondary N) is 2. The summed E-state index contributed by atoms with van der Waals surface area (Å²) in [6.07, 6.45) is 3.47. The van der Waals surface area contributed by atoms with Crippen LogP contribution in [-0.2, 0) is 11.3 Å². The van der Waals surface area contributed by atoms with E-state index >= 15 is 0 Å². The Labute approximate surface area is 186 Å². The lowest BCUT2D eigenvalue weighted by molar-refractivity contribution is -0.131. The molecule has 7 heteroatoms. The number of amides is 1. The van der Waals surface area contributed by atoms with Gasteiger partial charge >= 0.3 is 0 Å². The third kappa shape index (κ3) is 3.39. The van der Waals surface area contributed by atoms with Gasteiger partial charge in [-0.3, -0.25) is 9.78 Å². The Morgan fingerprint density at radius 1 is 1.03 bits per heavy atom. The third-order valence-corrected chi connectivity index (χ3v) is 6.51. The van der Waals surface area contributed by atoms with Gasteiger partial charge in [0.2, 0.25) is 5.91 Å². The van der Waals surface area contributed by atoms with E-state index in [1.54, 1.807) is 30.6 Å². The Hall–Kier alpha value is -3.42. The van der Waals surface area contributed by atoms with E-state index in [4.69, 9.17) is 0 Å². The highest BCUT2D eigenvalue weighted by Gasteiger charge is 2.55. The Kier molecular flexibility index (Phi) is 5.07. The monoisotopic (exact) mass is 430 g/mol. The van der Waals surface area contributed by atoms with E-state index in [1.807, 2.05) is 49.1 Å². The van der Waals surface area contributed by atoms with Crippen molar-refractivity contribution in [1.82, 2.24) is 20.7 Å². The Bertz CT molecular complexity index is 1170. The summed E-state index contributed by atoms with van der Waals surface area (Å²) in [6.45, 7) is 4.29. The molecule has 5 rings (SSSR count). The maximum atomic E-state index is 13.5. The van der Waals surface area contributed by atoms with Crippen molar-refractivity contribution < 1.29 is 15.0 Å². The SMILES string of the molecule is Cc1cc(C)c(O)c(C2NNC3C(=O)N(Cc4cccnc4)C(c4cccc(O)c4)C32)c1. The van der Waals surface area contributed by atoms with E-state index < -0.39 is 6.04 Å². The second kappa shape index (κ2) is 7.93. The summed E-state index contributed by atoms with van der Waals surface area (Å²) in [6, 6.07) is 13.8. The van der Waals surface area contributed by atoms with Gasteiger partial charge in [-0.1, -0.05) is 35.9 Å². The van der Waals surface area contributed by atoms with Crippen molar-refractivity contribution in [2.75, 3.05) is 0 Å². The zero-order valence-electron chi connectivity index (χ0n) is 18.0. The van der Waals surface area contributed by atoms with Crippen LogP contribution in [-0.4, -0.2) is 32.0 Å². The molecule has 2 aromatic carbocycles. The van der Waals surface area contributed by atoms with Gasteiger partial charge in [0.25, 0.3) is 0 Å². The number of rotatable bonds is 4. The van der Waals surface area contributed by atoms with Crippen molar-refractivity contribution in [2.24, 2.45) is 5.92 Å². The van der Waals surface area contributed by atoms with Gasteiger partial charge in [-0.15, -0.1) is 0 Å². The maximum absolute atomic E-state index is 13.5. The van der Waals surface area contributed by atoms with Gasteiger partial charge in [0.15, 0.2) is 0 Å². The quantitative estimate of drug-likeness (QED) is 0.508. The summed E-state index contributed by atoms with van der Waals surface area (Å²) < 4.78 is 0. The molecule has 1 aromatic heterocycles. The molecule has 2 saturated heterocycles. The number of benzene rings is 2. The first kappa shape index (κ1) is 20.5. The number of hydrogen-bond donors (Lipinski definition) is 4. The van der Waals surface area contributed by atoms with Crippen molar-refractivity contribution in [3.8, 4) is 11.5 Å². The van der Waals surface area contributed by atoms with Crippen molar-refractivity contribution in [2.45, 2.75) is 38.5 Å². The number of carbonyl (C=O) groups excluding carboxylic acids is 1. The number of likely N-dealkylation sites (tertiary alicyclic amines) is 1. The summed E-state index contributed by atoms with van der Waals surface area (Å²) in [5.74, 6) is 0.187. The number of phenolic OH excluding ortho intramolecular Hbond substituents is 2. The average molecular weight is 431 g/mol. The van der Waals surface area contributed by atoms with Gasteiger partial charge in [-0.2, -0.15) is 0 Å². The van der Waals surface area contributed by atoms with Crippen molar-refractivity contribution >= 4 is 5.91 Å². The first-order chi connectivity index (χ1) is 15.4. The molecule has 3 aromatic rings. The number of fused-ring (bicyclic) bond motifs is 1. The normalized spacial score (nSPS) is 24.7. The number of pyridine rings is 1. The molecule has 3 heterocycles. The largest absolute Gasteiger partial charge is 0.508 e. The first-order valence-corrected chi connectivity index (χ1v) is 10.7.